The number of esters is 1. The molecule has 28 heavy (non-hydrogen) atoms. The van der Waals surface area contributed by atoms with Crippen molar-refractivity contribution in [3.8, 4) is 11.5 Å². The summed E-state index contributed by atoms with van der Waals surface area (Å²) in [6.45, 7) is 0. The molecule has 2 aromatic carbocycles. The van der Waals surface area contributed by atoms with Gasteiger partial charge in [-0.25, -0.2) is 9.59 Å². The molecule has 2 aromatic heterocycles. The molecule has 5 N–H and O–H groups in total. The van der Waals surface area contributed by atoms with Crippen molar-refractivity contribution in [3.63, 3.8) is 0 Å². The highest BCUT2D eigenvalue weighted by molar-refractivity contribution is 6.14. The number of rotatable bonds is 4. The zero-order chi connectivity index (χ0) is 20.0. The lowest BCUT2D eigenvalue weighted by molar-refractivity contribution is 0.0696. The maximum Gasteiger partial charge on any atom is 0.349 e. The number of fused-ring (bicyclic) bond motifs is 2. The number of nitrogen functional groups attached to an aromatic ring is 2. The number of methoxy groups -OCH3 is 1. The van der Waals surface area contributed by atoms with E-state index < -0.39 is 11.9 Å². The van der Waals surface area contributed by atoms with Crippen molar-refractivity contribution in [2.75, 3.05) is 18.6 Å². The largest absolute Gasteiger partial charge is 0.497 e. The van der Waals surface area contributed by atoms with Crippen LogP contribution in [-0.4, -0.2) is 24.2 Å². The molecule has 0 saturated carbocycles. The van der Waals surface area contributed by atoms with Crippen LogP contribution in [-0.2, 0) is 0 Å². The van der Waals surface area contributed by atoms with Crippen LogP contribution < -0.4 is 20.9 Å². The summed E-state index contributed by atoms with van der Waals surface area (Å²) in [5, 5.41) is 9.85. The molecule has 9 heteroatoms. The number of nitrogens with two attached hydrogens (primary N) is 2. The normalized spacial score (nSPS) is 11.0. The van der Waals surface area contributed by atoms with Gasteiger partial charge in [-0.3, -0.25) is 0 Å². The third kappa shape index (κ3) is 2.65. The summed E-state index contributed by atoms with van der Waals surface area (Å²) in [5.41, 5.74) is 11.7. The lowest BCUT2D eigenvalue weighted by Crippen LogP contribution is -2.10. The molecule has 0 aliphatic rings. The van der Waals surface area contributed by atoms with Crippen molar-refractivity contribution >= 4 is 45.6 Å². The van der Waals surface area contributed by atoms with Gasteiger partial charge in [0, 0.05) is 10.8 Å². The van der Waals surface area contributed by atoms with E-state index in [4.69, 9.17) is 29.8 Å². The SMILES string of the molecule is COc1ccc(OC(=O)c2c(N)oc3cc4c(C(=O)O)c(N)oc4cc23)cc1. The van der Waals surface area contributed by atoms with Crippen LogP contribution in [0.5, 0.6) is 11.5 Å². The van der Waals surface area contributed by atoms with Crippen LogP contribution in [0.2, 0.25) is 0 Å². The van der Waals surface area contributed by atoms with Gasteiger partial charge in [0.25, 0.3) is 0 Å². The summed E-state index contributed by atoms with van der Waals surface area (Å²) >= 11 is 0. The second-order valence-corrected chi connectivity index (χ2v) is 5.90. The molecule has 142 valence electrons. The average Bonchev–Trinajstić information content (AvgIpc) is 3.14. The van der Waals surface area contributed by atoms with Gasteiger partial charge in [0.05, 0.1) is 7.11 Å². The van der Waals surface area contributed by atoms with E-state index in [2.05, 4.69) is 0 Å². The van der Waals surface area contributed by atoms with Crippen LogP contribution in [0.4, 0.5) is 11.8 Å². The highest BCUT2D eigenvalue weighted by Gasteiger charge is 2.25. The summed E-state index contributed by atoms with van der Waals surface area (Å²) in [7, 11) is 1.53. The minimum absolute atomic E-state index is 0.000403. The number of hydrogen-bond donors (Lipinski definition) is 3. The first-order chi connectivity index (χ1) is 13.4. The fourth-order valence-electron chi connectivity index (χ4n) is 2.96. The standard InChI is InChI=1S/C19H14N2O7/c1-25-8-2-4-9(5-3-8)26-19(24)15-11-7-12-10(6-13(11)28-17(15)21)14(18(22)23)16(20)27-12/h2-7H,20-21H2,1H3,(H,22,23). The van der Waals surface area contributed by atoms with Crippen LogP contribution in [0.1, 0.15) is 20.7 Å². The summed E-state index contributed by atoms with van der Waals surface area (Å²) in [5.74, 6) is -1.49. The lowest BCUT2D eigenvalue weighted by atomic mass is 10.1. The molecule has 0 atom stereocenters. The Morgan fingerprint density at radius 1 is 0.893 bits per heavy atom. The molecule has 0 bridgehead atoms. The number of furan rings is 2. The molecular weight excluding hydrogens is 368 g/mol. The van der Waals surface area contributed by atoms with Crippen molar-refractivity contribution in [2.24, 2.45) is 0 Å². The minimum atomic E-state index is -1.24. The summed E-state index contributed by atoms with van der Waals surface area (Å²) in [4.78, 5) is 24.0. The average molecular weight is 382 g/mol. The third-order valence-corrected chi connectivity index (χ3v) is 4.24. The molecule has 0 fully saturated rings. The second kappa shape index (κ2) is 6.23. The Bertz CT molecular complexity index is 1240. The van der Waals surface area contributed by atoms with Crippen molar-refractivity contribution in [1.82, 2.24) is 0 Å². The van der Waals surface area contributed by atoms with Crippen molar-refractivity contribution in [3.05, 3.63) is 47.5 Å². The molecule has 4 aromatic rings. The van der Waals surface area contributed by atoms with Gasteiger partial charge in [0.2, 0.25) is 11.8 Å². The first-order valence-electron chi connectivity index (χ1n) is 8.02. The van der Waals surface area contributed by atoms with Gasteiger partial charge in [0.1, 0.15) is 33.8 Å². The Hall–Kier alpha value is -4.14. The van der Waals surface area contributed by atoms with Gasteiger partial charge in [-0.2, -0.15) is 0 Å². The van der Waals surface area contributed by atoms with Gasteiger partial charge in [-0.1, -0.05) is 0 Å². The highest BCUT2D eigenvalue weighted by Crippen LogP contribution is 2.36. The van der Waals surface area contributed by atoms with Crippen LogP contribution in [0.3, 0.4) is 0 Å². The fraction of sp³-hybridized carbons (Fsp3) is 0.0526. The van der Waals surface area contributed by atoms with E-state index in [1.54, 1.807) is 24.3 Å². The highest BCUT2D eigenvalue weighted by atomic mass is 16.5. The molecule has 2 heterocycles. The molecule has 0 saturated heterocycles. The quantitative estimate of drug-likeness (QED) is 0.357. The maximum atomic E-state index is 12.6. The predicted molar refractivity (Wildman–Crippen MR) is 99.7 cm³/mol. The monoisotopic (exact) mass is 382 g/mol. The summed E-state index contributed by atoms with van der Waals surface area (Å²) < 4.78 is 21.1. The van der Waals surface area contributed by atoms with Crippen molar-refractivity contribution < 1.29 is 33.0 Å². The van der Waals surface area contributed by atoms with Crippen molar-refractivity contribution in [2.45, 2.75) is 0 Å². The number of hydrogen-bond acceptors (Lipinski definition) is 8. The molecule has 0 spiro atoms. The number of carboxylic acid groups (broad SMARTS) is 1. The second-order valence-electron chi connectivity index (χ2n) is 5.90. The van der Waals surface area contributed by atoms with Gasteiger partial charge >= 0.3 is 11.9 Å². The number of carbonyl (C=O) groups excluding carboxylic acids is 1. The van der Waals surface area contributed by atoms with E-state index in [0.29, 0.717) is 11.1 Å². The molecule has 0 aliphatic heterocycles. The smallest absolute Gasteiger partial charge is 0.349 e. The molecular formula is C19H14N2O7. The summed E-state index contributed by atoms with van der Waals surface area (Å²) in [6, 6.07) is 9.27. The lowest BCUT2D eigenvalue weighted by Gasteiger charge is -2.05. The van der Waals surface area contributed by atoms with E-state index >= 15 is 0 Å². The number of carboxylic acids is 1. The zero-order valence-electron chi connectivity index (χ0n) is 14.5. The van der Waals surface area contributed by atoms with E-state index in [9.17, 15) is 14.7 Å². The molecule has 0 amide bonds. The van der Waals surface area contributed by atoms with Crippen LogP contribution in [0.15, 0.2) is 45.2 Å². The van der Waals surface area contributed by atoms with Gasteiger partial charge in [-0.15, -0.1) is 0 Å². The number of anilines is 2. The Morgan fingerprint density at radius 3 is 1.93 bits per heavy atom. The first-order valence-corrected chi connectivity index (χ1v) is 8.02. The fourth-order valence-corrected chi connectivity index (χ4v) is 2.96. The van der Waals surface area contributed by atoms with E-state index in [1.165, 1.54) is 19.2 Å². The number of aromatic carboxylic acids is 1. The molecule has 9 nitrogen and oxygen atoms in total. The molecule has 0 radical (unpaired) electrons. The Morgan fingerprint density at radius 2 is 1.39 bits per heavy atom. The predicted octanol–water partition coefficient (Wildman–Crippen LogP) is 3.27. The number of benzene rings is 2. The van der Waals surface area contributed by atoms with Gasteiger partial charge in [-0.05, 0) is 36.4 Å². The van der Waals surface area contributed by atoms with Crippen LogP contribution >= 0.6 is 0 Å². The molecule has 0 unspecified atom stereocenters. The van der Waals surface area contributed by atoms with Crippen LogP contribution in [0, 0.1) is 0 Å². The minimum Gasteiger partial charge on any atom is -0.497 e. The Labute approximate surface area is 157 Å². The number of ether oxygens (including phenoxy) is 2. The van der Waals surface area contributed by atoms with Gasteiger partial charge < -0.3 is 34.9 Å². The van der Waals surface area contributed by atoms with E-state index in [0.717, 1.165) is 0 Å². The Balaban J connectivity index is 1.78. The van der Waals surface area contributed by atoms with Crippen molar-refractivity contribution in [1.29, 1.82) is 0 Å². The first kappa shape index (κ1) is 17.3. The van der Waals surface area contributed by atoms with E-state index in [1.807, 2.05) is 0 Å². The van der Waals surface area contributed by atoms with Gasteiger partial charge in [0.15, 0.2) is 0 Å². The Kier molecular flexibility index (Phi) is 3.85. The number of carbonyl (C=O) groups is 2. The maximum absolute atomic E-state index is 12.6. The van der Waals surface area contributed by atoms with E-state index in [-0.39, 0.29) is 45.2 Å². The van der Waals surface area contributed by atoms with Crippen LogP contribution in [0.25, 0.3) is 21.9 Å². The molecule has 0 aliphatic carbocycles. The molecule has 4 rings (SSSR count). The zero-order valence-corrected chi connectivity index (χ0v) is 14.5. The topological polar surface area (TPSA) is 151 Å². The summed E-state index contributed by atoms with van der Waals surface area (Å²) in [6.07, 6.45) is 0. The third-order valence-electron chi connectivity index (χ3n) is 4.24.